The van der Waals surface area contributed by atoms with Crippen molar-refractivity contribution in [3.63, 3.8) is 0 Å². The van der Waals surface area contributed by atoms with E-state index in [0.29, 0.717) is 25.7 Å². The minimum absolute atomic E-state index is 0.311. The quantitative estimate of drug-likeness (QED) is 0.562. The molecule has 8 nitrogen and oxygen atoms in total. The van der Waals surface area contributed by atoms with E-state index in [1.807, 2.05) is 0 Å². The van der Waals surface area contributed by atoms with Crippen LogP contribution in [0.1, 0.15) is 64.7 Å². The van der Waals surface area contributed by atoms with Gasteiger partial charge in [0.15, 0.2) is 6.61 Å². The molecule has 0 aromatic rings. The second-order valence-corrected chi connectivity index (χ2v) is 8.13. The fourth-order valence-electron chi connectivity index (χ4n) is 4.66. The van der Waals surface area contributed by atoms with Crippen molar-refractivity contribution in [2.75, 3.05) is 6.61 Å². The Labute approximate surface area is 164 Å². The number of rotatable bonds is 5. The highest BCUT2D eigenvalue weighted by atomic mass is 16.5. The van der Waals surface area contributed by atoms with Crippen molar-refractivity contribution in [2.45, 2.75) is 76.3 Å². The summed E-state index contributed by atoms with van der Waals surface area (Å²) in [5, 5.41) is 12.1. The predicted molar refractivity (Wildman–Crippen MR) is 97.3 cm³/mol. The number of nitriles is 1. The fourth-order valence-corrected chi connectivity index (χ4v) is 4.66. The Hall–Kier alpha value is -2.43. The highest BCUT2D eigenvalue weighted by Crippen LogP contribution is 2.38. The van der Waals surface area contributed by atoms with Crippen molar-refractivity contribution in [3.05, 3.63) is 0 Å². The summed E-state index contributed by atoms with van der Waals surface area (Å²) < 4.78 is 5.05. The number of likely N-dealkylation sites (tertiary alicyclic amines) is 1. The van der Waals surface area contributed by atoms with Gasteiger partial charge in [0.25, 0.3) is 5.91 Å². The average Bonchev–Trinajstić information content (AvgIpc) is 2.97. The van der Waals surface area contributed by atoms with Crippen LogP contribution in [0.25, 0.3) is 0 Å². The number of carbonyl (C=O) groups is 4. The molecule has 0 aromatic heterocycles. The van der Waals surface area contributed by atoms with Crippen LogP contribution in [-0.4, -0.2) is 46.8 Å². The molecule has 3 rings (SSSR count). The SMILES string of the molecule is C[C@@H](C(=O)OCC(=O)NC1(C#N)CCCCC1)N1C(=O)[C@H]2CCCC[C@@H]2C1=O. The first-order valence-corrected chi connectivity index (χ1v) is 10.1. The van der Waals surface area contributed by atoms with Crippen molar-refractivity contribution in [1.82, 2.24) is 10.2 Å². The average molecular weight is 389 g/mol. The summed E-state index contributed by atoms with van der Waals surface area (Å²) in [5.41, 5.74) is -0.899. The van der Waals surface area contributed by atoms with Gasteiger partial charge in [0, 0.05) is 0 Å². The van der Waals surface area contributed by atoms with Crippen LogP contribution in [0.5, 0.6) is 0 Å². The van der Waals surface area contributed by atoms with Gasteiger partial charge in [-0.2, -0.15) is 5.26 Å². The summed E-state index contributed by atoms with van der Waals surface area (Å²) in [6.07, 6.45) is 7.10. The van der Waals surface area contributed by atoms with Crippen molar-refractivity contribution in [3.8, 4) is 6.07 Å². The Balaban J connectivity index is 1.54. The number of hydrogen-bond donors (Lipinski definition) is 1. The Morgan fingerprint density at radius 2 is 1.71 bits per heavy atom. The van der Waals surface area contributed by atoms with Crippen molar-refractivity contribution >= 4 is 23.7 Å². The van der Waals surface area contributed by atoms with E-state index in [0.717, 1.165) is 37.0 Å². The highest BCUT2D eigenvalue weighted by molar-refractivity contribution is 6.07. The summed E-state index contributed by atoms with van der Waals surface area (Å²) in [6.45, 7) is 0.918. The predicted octanol–water partition coefficient (Wildman–Crippen LogP) is 1.44. The second kappa shape index (κ2) is 8.29. The van der Waals surface area contributed by atoms with Gasteiger partial charge in [-0.3, -0.25) is 19.3 Å². The number of esters is 1. The van der Waals surface area contributed by atoms with Gasteiger partial charge in [0.1, 0.15) is 11.6 Å². The van der Waals surface area contributed by atoms with E-state index in [1.54, 1.807) is 0 Å². The molecule has 3 aliphatic rings. The molecule has 3 fully saturated rings. The van der Waals surface area contributed by atoms with Crippen LogP contribution in [0.15, 0.2) is 0 Å². The Morgan fingerprint density at radius 3 is 2.25 bits per heavy atom. The molecule has 0 bridgehead atoms. The maximum atomic E-state index is 12.6. The number of carbonyl (C=O) groups excluding carboxylic acids is 4. The third kappa shape index (κ3) is 3.89. The molecule has 1 aliphatic heterocycles. The third-order valence-electron chi connectivity index (χ3n) is 6.25. The Bertz CT molecular complexity index is 683. The smallest absolute Gasteiger partial charge is 0.329 e. The summed E-state index contributed by atoms with van der Waals surface area (Å²) >= 11 is 0. The molecule has 28 heavy (non-hydrogen) atoms. The lowest BCUT2D eigenvalue weighted by molar-refractivity contribution is -0.159. The number of ether oxygens (including phenoxy) is 1. The van der Waals surface area contributed by atoms with E-state index < -0.39 is 30.1 Å². The monoisotopic (exact) mass is 389 g/mol. The second-order valence-electron chi connectivity index (χ2n) is 8.13. The first-order chi connectivity index (χ1) is 13.4. The molecular weight excluding hydrogens is 362 g/mol. The first kappa shape index (κ1) is 20.3. The fraction of sp³-hybridized carbons (Fsp3) is 0.750. The number of amides is 3. The lowest BCUT2D eigenvalue weighted by Crippen LogP contribution is -2.50. The summed E-state index contributed by atoms with van der Waals surface area (Å²) in [5.74, 6) is -2.62. The Morgan fingerprint density at radius 1 is 1.14 bits per heavy atom. The van der Waals surface area contributed by atoms with Crippen LogP contribution < -0.4 is 5.32 Å². The summed E-state index contributed by atoms with van der Waals surface area (Å²) in [6, 6.07) is 1.12. The van der Waals surface area contributed by atoms with Gasteiger partial charge in [-0.15, -0.1) is 0 Å². The number of nitrogens with zero attached hydrogens (tertiary/aromatic N) is 2. The van der Waals surface area contributed by atoms with E-state index >= 15 is 0 Å². The van der Waals surface area contributed by atoms with E-state index in [1.165, 1.54) is 6.92 Å². The van der Waals surface area contributed by atoms with E-state index in [2.05, 4.69) is 11.4 Å². The maximum absolute atomic E-state index is 12.6. The van der Waals surface area contributed by atoms with Gasteiger partial charge in [0.2, 0.25) is 11.8 Å². The molecule has 1 saturated heterocycles. The molecule has 8 heteroatoms. The molecule has 3 amide bonds. The topological polar surface area (TPSA) is 117 Å². The van der Waals surface area contributed by atoms with Gasteiger partial charge >= 0.3 is 5.97 Å². The number of nitrogens with one attached hydrogen (secondary N) is 1. The molecule has 0 aromatic carbocycles. The minimum atomic E-state index is -1.06. The standard InChI is InChI=1S/C20H27N3O5/c1-13(23-17(25)14-7-3-4-8-15(14)18(23)26)19(27)28-11-16(24)22-20(12-21)9-5-2-6-10-20/h13-15H,2-11H2,1H3,(H,22,24)/t13-,14-,15-/m0/s1. The Kier molecular flexibility index (Phi) is 6.01. The molecule has 152 valence electrons. The van der Waals surface area contributed by atoms with Crippen LogP contribution in [0.4, 0.5) is 0 Å². The number of imide groups is 1. The summed E-state index contributed by atoms with van der Waals surface area (Å²) in [4.78, 5) is 50.7. The molecule has 1 N–H and O–H groups in total. The zero-order chi connectivity index (χ0) is 20.3. The first-order valence-electron chi connectivity index (χ1n) is 10.1. The lowest BCUT2D eigenvalue weighted by Gasteiger charge is -2.31. The van der Waals surface area contributed by atoms with Crippen molar-refractivity contribution in [2.24, 2.45) is 11.8 Å². The zero-order valence-corrected chi connectivity index (χ0v) is 16.2. The van der Waals surface area contributed by atoms with E-state index in [9.17, 15) is 24.4 Å². The van der Waals surface area contributed by atoms with Crippen molar-refractivity contribution < 1.29 is 23.9 Å². The van der Waals surface area contributed by atoms with Gasteiger partial charge < -0.3 is 10.1 Å². The molecule has 0 unspecified atom stereocenters. The normalized spacial score (nSPS) is 27.5. The number of hydrogen-bond acceptors (Lipinski definition) is 6. The summed E-state index contributed by atoms with van der Waals surface area (Å²) in [7, 11) is 0. The van der Waals surface area contributed by atoms with Gasteiger partial charge in [-0.1, -0.05) is 32.1 Å². The number of fused-ring (bicyclic) bond motifs is 1. The molecule has 2 saturated carbocycles. The minimum Gasteiger partial charge on any atom is -0.454 e. The largest absolute Gasteiger partial charge is 0.454 e. The molecule has 2 aliphatic carbocycles. The maximum Gasteiger partial charge on any atom is 0.329 e. The highest BCUT2D eigenvalue weighted by Gasteiger charge is 2.51. The molecular formula is C20H27N3O5. The van der Waals surface area contributed by atoms with E-state index in [-0.39, 0.29) is 23.7 Å². The third-order valence-corrected chi connectivity index (χ3v) is 6.25. The zero-order valence-electron chi connectivity index (χ0n) is 16.2. The molecule has 1 heterocycles. The van der Waals surface area contributed by atoms with E-state index in [4.69, 9.17) is 4.74 Å². The van der Waals surface area contributed by atoms with Crippen molar-refractivity contribution in [1.29, 1.82) is 5.26 Å². The lowest BCUT2D eigenvalue weighted by atomic mass is 9.81. The van der Waals surface area contributed by atoms with Crippen LogP contribution in [0, 0.1) is 23.2 Å². The van der Waals surface area contributed by atoms with Gasteiger partial charge in [-0.05, 0) is 32.6 Å². The van der Waals surface area contributed by atoms with Crippen LogP contribution in [0.3, 0.4) is 0 Å². The molecule has 0 radical (unpaired) electrons. The molecule has 0 spiro atoms. The van der Waals surface area contributed by atoms with Crippen LogP contribution >= 0.6 is 0 Å². The van der Waals surface area contributed by atoms with Crippen LogP contribution in [-0.2, 0) is 23.9 Å². The van der Waals surface area contributed by atoms with Gasteiger partial charge in [-0.25, -0.2) is 4.79 Å². The molecule has 3 atom stereocenters. The van der Waals surface area contributed by atoms with Crippen LogP contribution in [0.2, 0.25) is 0 Å². The van der Waals surface area contributed by atoms with Gasteiger partial charge in [0.05, 0.1) is 17.9 Å².